The van der Waals surface area contributed by atoms with E-state index < -0.39 is 0 Å². The highest BCUT2D eigenvalue weighted by Crippen LogP contribution is 2.36. The third kappa shape index (κ3) is 3.24. The normalized spacial score (nSPS) is 28.3. The molecule has 3 heteroatoms. The summed E-state index contributed by atoms with van der Waals surface area (Å²) in [5, 5.41) is 3.77. The molecule has 3 rings (SSSR count). The minimum absolute atomic E-state index is 0.476. The zero-order chi connectivity index (χ0) is 14.8. The van der Waals surface area contributed by atoms with Crippen molar-refractivity contribution in [2.45, 2.75) is 51.2 Å². The molecule has 3 atom stereocenters. The lowest BCUT2D eigenvalue weighted by Crippen LogP contribution is -2.57. The Morgan fingerprint density at radius 2 is 2.00 bits per heavy atom. The van der Waals surface area contributed by atoms with Crippen molar-refractivity contribution in [2.24, 2.45) is 5.92 Å². The number of hydrogen-bond donors (Lipinski definition) is 1. The van der Waals surface area contributed by atoms with Crippen LogP contribution in [0.5, 0.6) is 5.75 Å². The largest absolute Gasteiger partial charge is 0.497 e. The molecule has 3 unspecified atom stereocenters. The number of nitrogens with zero attached hydrogens (tertiary/aromatic N) is 1. The van der Waals surface area contributed by atoms with E-state index in [9.17, 15) is 0 Å². The molecular weight excluding hydrogens is 260 g/mol. The molecule has 0 amide bonds. The van der Waals surface area contributed by atoms with Gasteiger partial charge in [-0.1, -0.05) is 19.1 Å². The Hall–Kier alpha value is -1.06. The SMILES string of the molecule is CCC1CNC(C2CC2)CN1C(C)c1ccc(OC)cc1. The Bertz CT molecular complexity index is 455. The molecule has 1 heterocycles. The van der Waals surface area contributed by atoms with Gasteiger partial charge in [0.25, 0.3) is 0 Å². The molecule has 2 fully saturated rings. The molecule has 1 N–H and O–H groups in total. The molecule has 1 aliphatic carbocycles. The standard InChI is InChI=1S/C18H28N2O/c1-4-16-11-19-18(15-5-6-15)12-20(16)13(2)14-7-9-17(21-3)10-8-14/h7-10,13,15-16,18-19H,4-6,11-12H2,1-3H3. The smallest absolute Gasteiger partial charge is 0.118 e. The van der Waals surface area contributed by atoms with Crippen LogP contribution in [0, 0.1) is 5.92 Å². The molecular formula is C18H28N2O. The van der Waals surface area contributed by atoms with Crippen molar-refractivity contribution in [3.8, 4) is 5.75 Å². The first-order valence-electron chi connectivity index (χ1n) is 8.36. The second kappa shape index (κ2) is 6.37. The van der Waals surface area contributed by atoms with Crippen LogP contribution in [0.15, 0.2) is 24.3 Å². The molecule has 0 radical (unpaired) electrons. The number of benzene rings is 1. The van der Waals surface area contributed by atoms with Gasteiger partial charge in [0.05, 0.1) is 7.11 Å². The van der Waals surface area contributed by atoms with Crippen LogP contribution in [0.3, 0.4) is 0 Å². The van der Waals surface area contributed by atoms with E-state index in [0.717, 1.165) is 18.2 Å². The fourth-order valence-electron chi connectivity index (χ4n) is 3.59. The van der Waals surface area contributed by atoms with Crippen LogP contribution in [0.4, 0.5) is 0 Å². The Balaban J connectivity index is 1.73. The van der Waals surface area contributed by atoms with Gasteiger partial charge < -0.3 is 10.1 Å². The molecule has 0 aromatic heterocycles. The number of hydrogen-bond acceptors (Lipinski definition) is 3. The molecule has 3 nitrogen and oxygen atoms in total. The first kappa shape index (κ1) is 14.9. The summed E-state index contributed by atoms with van der Waals surface area (Å²) < 4.78 is 5.27. The van der Waals surface area contributed by atoms with Crippen molar-refractivity contribution in [3.05, 3.63) is 29.8 Å². The maximum atomic E-state index is 5.27. The quantitative estimate of drug-likeness (QED) is 0.900. The number of nitrogens with one attached hydrogen (secondary N) is 1. The number of rotatable bonds is 5. The van der Waals surface area contributed by atoms with Crippen molar-refractivity contribution in [2.75, 3.05) is 20.2 Å². The third-order valence-corrected chi connectivity index (χ3v) is 5.25. The summed E-state index contributed by atoms with van der Waals surface area (Å²) in [5.74, 6) is 1.86. The van der Waals surface area contributed by atoms with Crippen LogP contribution >= 0.6 is 0 Å². The zero-order valence-corrected chi connectivity index (χ0v) is 13.5. The van der Waals surface area contributed by atoms with Crippen molar-refractivity contribution in [1.82, 2.24) is 10.2 Å². The van der Waals surface area contributed by atoms with E-state index in [1.165, 1.54) is 31.4 Å². The lowest BCUT2D eigenvalue weighted by atomic mass is 9.98. The molecule has 2 aliphatic rings. The van der Waals surface area contributed by atoms with Gasteiger partial charge >= 0.3 is 0 Å². The lowest BCUT2D eigenvalue weighted by Gasteiger charge is -2.44. The van der Waals surface area contributed by atoms with E-state index >= 15 is 0 Å². The van der Waals surface area contributed by atoms with Gasteiger partial charge in [-0.25, -0.2) is 0 Å². The van der Waals surface area contributed by atoms with Gasteiger partial charge in [-0.15, -0.1) is 0 Å². The topological polar surface area (TPSA) is 24.5 Å². The Kier molecular flexibility index (Phi) is 4.51. The highest BCUT2D eigenvalue weighted by molar-refractivity contribution is 5.29. The monoisotopic (exact) mass is 288 g/mol. The van der Waals surface area contributed by atoms with Gasteiger partial charge in [-0.05, 0) is 49.8 Å². The van der Waals surface area contributed by atoms with Crippen molar-refractivity contribution < 1.29 is 4.74 Å². The minimum atomic E-state index is 0.476. The summed E-state index contributed by atoms with van der Waals surface area (Å²) in [6.45, 7) is 6.98. The van der Waals surface area contributed by atoms with Crippen LogP contribution in [-0.4, -0.2) is 37.2 Å². The summed E-state index contributed by atoms with van der Waals surface area (Å²) >= 11 is 0. The molecule has 21 heavy (non-hydrogen) atoms. The average molecular weight is 288 g/mol. The second-order valence-corrected chi connectivity index (χ2v) is 6.56. The summed E-state index contributed by atoms with van der Waals surface area (Å²) in [6, 6.07) is 10.4. The fraction of sp³-hybridized carbons (Fsp3) is 0.667. The van der Waals surface area contributed by atoms with Gasteiger partial charge in [-0.3, -0.25) is 4.90 Å². The van der Waals surface area contributed by atoms with Gasteiger partial charge in [0.15, 0.2) is 0 Å². The highest BCUT2D eigenvalue weighted by Gasteiger charge is 2.38. The molecule has 1 saturated heterocycles. The van der Waals surface area contributed by atoms with Crippen molar-refractivity contribution >= 4 is 0 Å². The Labute approximate surface area is 128 Å². The van der Waals surface area contributed by atoms with Crippen molar-refractivity contribution in [1.29, 1.82) is 0 Å². The van der Waals surface area contributed by atoms with Crippen LogP contribution in [0.2, 0.25) is 0 Å². The number of ether oxygens (including phenoxy) is 1. The van der Waals surface area contributed by atoms with Crippen LogP contribution in [0.1, 0.15) is 44.7 Å². The van der Waals surface area contributed by atoms with Crippen LogP contribution < -0.4 is 10.1 Å². The van der Waals surface area contributed by atoms with E-state index in [0.29, 0.717) is 18.1 Å². The van der Waals surface area contributed by atoms with Gasteiger partial charge in [0.2, 0.25) is 0 Å². The number of methoxy groups -OCH3 is 1. The summed E-state index contributed by atoms with van der Waals surface area (Å²) in [6.07, 6.45) is 4.04. The molecule has 0 spiro atoms. The molecule has 116 valence electrons. The van der Waals surface area contributed by atoms with Gasteiger partial charge in [-0.2, -0.15) is 0 Å². The second-order valence-electron chi connectivity index (χ2n) is 6.56. The van der Waals surface area contributed by atoms with E-state index in [1.807, 2.05) is 0 Å². The van der Waals surface area contributed by atoms with E-state index in [-0.39, 0.29) is 0 Å². The molecule has 1 aliphatic heterocycles. The predicted octanol–water partition coefficient (Wildman–Crippen LogP) is 3.22. The lowest BCUT2D eigenvalue weighted by molar-refractivity contribution is 0.0803. The summed E-state index contributed by atoms with van der Waals surface area (Å²) in [7, 11) is 1.72. The molecule has 1 aromatic rings. The Morgan fingerprint density at radius 3 is 2.57 bits per heavy atom. The Morgan fingerprint density at radius 1 is 1.29 bits per heavy atom. The average Bonchev–Trinajstić information content (AvgIpc) is 3.38. The van der Waals surface area contributed by atoms with E-state index in [4.69, 9.17) is 4.74 Å². The molecule has 0 bridgehead atoms. The van der Waals surface area contributed by atoms with E-state index in [1.54, 1.807) is 7.11 Å². The van der Waals surface area contributed by atoms with E-state index in [2.05, 4.69) is 48.3 Å². The first-order valence-corrected chi connectivity index (χ1v) is 8.36. The maximum Gasteiger partial charge on any atom is 0.118 e. The predicted molar refractivity (Wildman–Crippen MR) is 86.7 cm³/mol. The maximum absolute atomic E-state index is 5.27. The highest BCUT2D eigenvalue weighted by atomic mass is 16.5. The fourth-order valence-corrected chi connectivity index (χ4v) is 3.59. The van der Waals surface area contributed by atoms with Crippen LogP contribution in [-0.2, 0) is 0 Å². The van der Waals surface area contributed by atoms with Crippen molar-refractivity contribution in [3.63, 3.8) is 0 Å². The molecule has 1 aromatic carbocycles. The number of piperazine rings is 1. The molecule has 1 saturated carbocycles. The third-order valence-electron chi connectivity index (χ3n) is 5.25. The van der Waals surface area contributed by atoms with Gasteiger partial charge in [0.1, 0.15) is 5.75 Å². The summed E-state index contributed by atoms with van der Waals surface area (Å²) in [5.41, 5.74) is 1.39. The minimum Gasteiger partial charge on any atom is -0.497 e. The summed E-state index contributed by atoms with van der Waals surface area (Å²) in [4.78, 5) is 2.71. The van der Waals surface area contributed by atoms with Gasteiger partial charge in [0, 0.05) is 31.2 Å². The first-order chi connectivity index (χ1) is 10.2. The zero-order valence-electron chi connectivity index (χ0n) is 13.5. The van der Waals surface area contributed by atoms with Crippen LogP contribution in [0.25, 0.3) is 0 Å².